The molecule has 3 nitrogen and oxygen atoms in total. The third-order valence-corrected chi connectivity index (χ3v) is 3.49. The molecule has 1 aromatic rings. The third kappa shape index (κ3) is 2.84. The zero-order chi connectivity index (χ0) is 13.8. The second kappa shape index (κ2) is 5.89. The first-order valence-electron chi connectivity index (χ1n) is 6.19. The molecule has 1 rings (SSSR count). The summed E-state index contributed by atoms with van der Waals surface area (Å²) in [5.74, 6) is 0.740. The molecule has 0 saturated carbocycles. The maximum atomic E-state index is 11.9. The molecule has 0 spiro atoms. The Morgan fingerprint density at radius 1 is 1.33 bits per heavy atom. The van der Waals surface area contributed by atoms with Crippen LogP contribution in [0.25, 0.3) is 0 Å². The van der Waals surface area contributed by atoms with E-state index in [1.807, 2.05) is 38.1 Å². The second-order valence-electron chi connectivity index (χ2n) is 4.95. The number of esters is 1. The zero-order valence-corrected chi connectivity index (χ0v) is 11.8. The largest absolute Gasteiger partial charge is 0.497 e. The smallest absolute Gasteiger partial charge is 0.311 e. The van der Waals surface area contributed by atoms with E-state index >= 15 is 0 Å². The average Bonchev–Trinajstić information content (AvgIpc) is 2.38. The van der Waals surface area contributed by atoms with E-state index in [2.05, 4.69) is 6.92 Å². The molecule has 1 atom stereocenters. The molecular weight excluding hydrogens is 228 g/mol. The summed E-state index contributed by atoms with van der Waals surface area (Å²) in [6.45, 7) is 5.92. The number of carbonyl (C=O) groups excluding carboxylic acids is 1. The van der Waals surface area contributed by atoms with E-state index in [-0.39, 0.29) is 11.9 Å². The van der Waals surface area contributed by atoms with Gasteiger partial charge in [-0.3, -0.25) is 4.79 Å². The Morgan fingerprint density at radius 2 is 2.00 bits per heavy atom. The molecule has 0 aromatic heterocycles. The molecule has 100 valence electrons. The standard InChI is InChI=1S/C15H22O3/c1-6-13(15(2,3)14(16)18-5)11-8-7-9-12(10-11)17-4/h7-10,13H,6H2,1-5H3. The van der Waals surface area contributed by atoms with Crippen molar-refractivity contribution < 1.29 is 14.3 Å². The molecule has 0 N–H and O–H groups in total. The highest BCUT2D eigenvalue weighted by Crippen LogP contribution is 2.39. The molecular formula is C15H22O3. The minimum Gasteiger partial charge on any atom is -0.497 e. The number of rotatable bonds is 5. The lowest BCUT2D eigenvalue weighted by Gasteiger charge is -2.31. The Labute approximate surface area is 109 Å². The van der Waals surface area contributed by atoms with Crippen LogP contribution in [0.2, 0.25) is 0 Å². The summed E-state index contributed by atoms with van der Waals surface area (Å²) in [5.41, 5.74) is 0.558. The van der Waals surface area contributed by atoms with Crippen LogP contribution in [-0.4, -0.2) is 20.2 Å². The van der Waals surface area contributed by atoms with Crippen molar-refractivity contribution in [1.82, 2.24) is 0 Å². The lowest BCUT2D eigenvalue weighted by Crippen LogP contribution is -2.32. The van der Waals surface area contributed by atoms with Crippen LogP contribution in [0.1, 0.15) is 38.7 Å². The SMILES string of the molecule is CCC(c1cccc(OC)c1)C(C)(C)C(=O)OC. The molecule has 18 heavy (non-hydrogen) atoms. The highest BCUT2D eigenvalue weighted by molar-refractivity contribution is 5.77. The van der Waals surface area contributed by atoms with Crippen LogP contribution in [0.5, 0.6) is 5.75 Å². The zero-order valence-electron chi connectivity index (χ0n) is 11.8. The van der Waals surface area contributed by atoms with E-state index in [4.69, 9.17) is 9.47 Å². The summed E-state index contributed by atoms with van der Waals surface area (Å²) in [5, 5.41) is 0. The topological polar surface area (TPSA) is 35.5 Å². The minimum atomic E-state index is -0.546. The molecule has 0 aliphatic heterocycles. The van der Waals surface area contributed by atoms with Gasteiger partial charge in [0.2, 0.25) is 0 Å². The van der Waals surface area contributed by atoms with Crippen LogP contribution in [0.3, 0.4) is 0 Å². The van der Waals surface area contributed by atoms with Crippen molar-refractivity contribution in [2.45, 2.75) is 33.1 Å². The van der Waals surface area contributed by atoms with Crippen molar-refractivity contribution in [1.29, 1.82) is 0 Å². The lowest BCUT2D eigenvalue weighted by molar-refractivity contribution is -0.152. The fourth-order valence-corrected chi connectivity index (χ4v) is 2.43. The van der Waals surface area contributed by atoms with Crippen LogP contribution < -0.4 is 4.74 Å². The minimum absolute atomic E-state index is 0.111. The van der Waals surface area contributed by atoms with Gasteiger partial charge in [-0.05, 0) is 43.9 Å². The summed E-state index contributed by atoms with van der Waals surface area (Å²) in [7, 11) is 3.08. The fraction of sp³-hybridized carbons (Fsp3) is 0.533. The van der Waals surface area contributed by atoms with E-state index in [9.17, 15) is 4.79 Å². The third-order valence-electron chi connectivity index (χ3n) is 3.49. The summed E-state index contributed by atoms with van der Waals surface area (Å²) in [6, 6.07) is 7.87. The van der Waals surface area contributed by atoms with Crippen LogP contribution in [-0.2, 0) is 9.53 Å². The Balaban J connectivity index is 3.12. The first kappa shape index (κ1) is 14.6. The fourth-order valence-electron chi connectivity index (χ4n) is 2.43. The van der Waals surface area contributed by atoms with E-state index in [1.165, 1.54) is 7.11 Å². The highest BCUT2D eigenvalue weighted by atomic mass is 16.5. The van der Waals surface area contributed by atoms with Gasteiger partial charge >= 0.3 is 5.97 Å². The van der Waals surface area contributed by atoms with Crippen LogP contribution in [0.15, 0.2) is 24.3 Å². The van der Waals surface area contributed by atoms with Gasteiger partial charge in [0.15, 0.2) is 0 Å². The predicted octanol–water partition coefficient (Wildman–Crippen LogP) is 3.39. The first-order valence-corrected chi connectivity index (χ1v) is 6.19. The molecule has 0 aliphatic rings. The maximum Gasteiger partial charge on any atom is 0.311 e. The van der Waals surface area contributed by atoms with Crippen molar-refractivity contribution >= 4 is 5.97 Å². The molecule has 3 heteroatoms. The van der Waals surface area contributed by atoms with Crippen molar-refractivity contribution in [3.63, 3.8) is 0 Å². The van der Waals surface area contributed by atoms with Gasteiger partial charge in [-0.1, -0.05) is 19.1 Å². The molecule has 1 aromatic carbocycles. The Bertz CT molecular complexity index is 410. The average molecular weight is 250 g/mol. The van der Waals surface area contributed by atoms with Crippen molar-refractivity contribution in [3.8, 4) is 5.75 Å². The second-order valence-corrected chi connectivity index (χ2v) is 4.95. The molecule has 0 aliphatic carbocycles. The van der Waals surface area contributed by atoms with E-state index in [0.29, 0.717) is 0 Å². The van der Waals surface area contributed by atoms with E-state index in [1.54, 1.807) is 7.11 Å². The van der Waals surface area contributed by atoms with Gasteiger partial charge < -0.3 is 9.47 Å². The lowest BCUT2D eigenvalue weighted by atomic mass is 9.73. The molecule has 0 heterocycles. The first-order chi connectivity index (χ1) is 8.47. The molecule has 0 bridgehead atoms. The summed E-state index contributed by atoms with van der Waals surface area (Å²) >= 11 is 0. The van der Waals surface area contributed by atoms with Gasteiger partial charge in [-0.15, -0.1) is 0 Å². The van der Waals surface area contributed by atoms with E-state index in [0.717, 1.165) is 17.7 Å². The van der Waals surface area contributed by atoms with Gasteiger partial charge in [0.05, 0.1) is 19.6 Å². The summed E-state index contributed by atoms with van der Waals surface area (Å²) in [6.07, 6.45) is 0.870. The van der Waals surface area contributed by atoms with Crippen molar-refractivity contribution in [2.24, 2.45) is 5.41 Å². The van der Waals surface area contributed by atoms with Crippen LogP contribution >= 0.6 is 0 Å². The number of carbonyl (C=O) groups is 1. The Morgan fingerprint density at radius 3 is 2.50 bits per heavy atom. The van der Waals surface area contributed by atoms with Gasteiger partial charge in [0, 0.05) is 0 Å². The van der Waals surface area contributed by atoms with Crippen molar-refractivity contribution in [3.05, 3.63) is 29.8 Å². The molecule has 0 amide bonds. The molecule has 0 fully saturated rings. The normalized spacial score (nSPS) is 12.9. The van der Waals surface area contributed by atoms with E-state index < -0.39 is 5.41 Å². The maximum absolute atomic E-state index is 11.9. The molecule has 0 radical (unpaired) electrons. The number of hydrogen-bond donors (Lipinski definition) is 0. The number of ether oxygens (including phenoxy) is 2. The van der Waals surface area contributed by atoms with Crippen molar-refractivity contribution in [2.75, 3.05) is 14.2 Å². The van der Waals surface area contributed by atoms with Gasteiger partial charge in [0.25, 0.3) is 0 Å². The predicted molar refractivity (Wildman–Crippen MR) is 71.8 cm³/mol. The van der Waals surface area contributed by atoms with Crippen LogP contribution in [0, 0.1) is 5.41 Å². The molecule has 1 unspecified atom stereocenters. The van der Waals surface area contributed by atoms with Gasteiger partial charge in [-0.2, -0.15) is 0 Å². The monoisotopic (exact) mass is 250 g/mol. The summed E-state index contributed by atoms with van der Waals surface area (Å²) in [4.78, 5) is 11.9. The van der Waals surface area contributed by atoms with Gasteiger partial charge in [-0.25, -0.2) is 0 Å². The number of methoxy groups -OCH3 is 2. The highest BCUT2D eigenvalue weighted by Gasteiger charge is 2.37. The summed E-state index contributed by atoms with van der Waals surface area (Å²) < 4.78 is 10.1. The number of hydrogen-bond acceptors (Lipinski definition) is 3. The quantitative estimate of drug-likeness (QED) is 0.751. The van der Waals surface area contributed by atoms with Crippen LogP contribution in [0.4, 0.5) is 0 Å². The Kier molecular flexibility index (Phi) is 4.76. The van der Waals surface area contributed by atoms with Gasteiger partial charge in [0.1, 0.15) is 5.75 Å². The number of benzene rings is 1. The Hall–Kier alpha value is -1.51. The molecule has 0 saturated heterocycles.